The summed E-state index contributed by atoms with van der Waals surface area (Å²) in [6, 6.07) is 8.47. The van der Waals surface area contributed by atoms with E-state index in [2.05, 4.69) is 10.2 Å². The smallest absolute Gasteiger partial charge is 0.177 e. The summed E-state index contributed by atoms with van der Waals surface area (Å²) in [5, 5.41) is 15.7. The summed E-state index contributed by atoms with van der Waals surface area (Å²) < 4.78 is 18.6. The third-order valence-electron chi connectivity index (χ3n) is 1.33. The quantitative estimate of drug-likeness (QED) is 0.608. The lowest BCUT2D eigenvalue weighted by atomic mass is 10.2. The molecule has 1 unspecified atom stereocenters. The molecule has 0 aromatic heterocycles. The molecule has 1 rings (SSSR count). The molecule has 0 fully saturated rings. The van der Waals surface area contributed by atoms with Crippen LogP contribution >= 0.6 is 0 Å². The maximum absolute atomic E-state index is 10.2. The average molecular weight is 209 g/mol. The zero-order chi connectivity index (χ0) is 10.4. The molecule has 0 saturated carbocycles. The molecule has 1 aromatic carbocycles. The Morgan fingerprint density at radius 1 is 1.57 bits per heavy atom. The first kappa shape index (κ1) is 10.5. The topological polar surface area (TPSA) is 85.8 Å². The van der Waals surface area contributed by atoms with E-state index < -0.39 is 11.1 Å². The van der Waals surface area contributed by atoms with Crippen molar-refractivity contribution in [2.75, 3.05) is 5.88 Å². The van der Waals surface area contributed by atoms with Gasteiger partial charge in [0.15, 0.2) is 17.0 Å². The molecule has 1 atom stereocenters. The van der Waals surface area contributed by atoms with E-state index in [0.29, 0.717) is 11.3 Å². The van der Waals surface area contributed by atoms with Gasteiger partial charge in [0.1, 0.15) is 0 Å². The van der Waals surface area contributed by atoms with Crippen LogP contribution < -0.4 is 0 Å². The highest BCUT2D eigenvalue weighted by Crippen LogP contribution is 2.13. The maximum Gasteiger partial charge on any atom is 0.177 e. The van der Waals surface area contributed by atoms with E-state index in [9.17, 15) is 4.21 Å². The van der Waals surface area contributed by atoms with Gasteiger partial charge in [-0.3, -0.25) is 0 Å². The van der Waals surface area contributed by atoms with Gasteiger partial charge < -0.3 is 4.55 Å². The first-order chi connectivity index (χ1) is 6.72. The molecule has 0 aliphatic heterocycles. The van der Waals surface area contributed by atoms with Crippen LogP contribution in [0.25, 0.3) is 0 Å². The van der Waals surface area contributed by atoms with E-state index in [4.69, 9.17) is 9.81 Å². The molecular weight excluding hydrogens is 202 g/mol. The summed E-state index contributed by atoms with van der Waals surface area (Å²) in [7, 11) is 0. The molecule has 0 spiro atoms. The number of rotatable bonds is 3. The summed E-state index contributed by atoms with van der Waals surface area (Å²) in [6.07, 6.45) is 0. The van der Waals surface area contributed by atoms with Gasteiger partial charge in [-0.15, -0.1) is 0 Å². The van der Waals surface area contributed by atoms with Crippen LogP contribution in [0.3, 0.4) is 0 Å². The van der Waals surface area contributed by atoms with Crippen LogP contribution in [0.2, 0.25) is 0 Å². The number of benzene rings is 1. The molecule has 0 bridgehead atoms. The zero-order valence-electron chi connectivity index (χ0n) is 7.12. The van der Waals surface area contributed by atoms with Gasteiger partial charge in [-0.2, -0.15) is 15.5 Å². The van der Waals surface area contributed by atoms with Crippen molar-refractivity contribution in [1.29, 1.82) is 5.26 Å². The largest absolute Gasteiger partial charge is 0.305 e. The fraction of sp³-hybridized carbons (Fsp3) is 0.125. The molecule has 0 aliphatic carbocycles. The highest BCUT2D eigenvalue weighted by molar-refractivity contribution is 7.79. The Balaban J connectivity index is 2.72. The molecule has 0 aliphatic rings. The average Bonchev–Trinajstić information content (AvgIpc) is 2.18. The fourth-order valence-corrected chi connectivity index (χ4v) is 0.954. The maximum atomic E-state index is 10.2. The molecule has 1 aromatic rings. The van der Waals surface area contributed by atoms with Crippen LogP contribution in [0.4, 0.5) is 5.69 Å². The van der Waals surface area contributed by atoms with Crippen molar-refractivity contribution < 1.29 is 8.76 Å². The van der Waals surface area contributed by atoms with E-state index >= 15 is 0 Å². The predicted octanol–water partition coefficient (Wildman–Crippen LogP) is 1.82. The molecular formula is C8H7N3O2S. The van der Waals surface area contributed by atoms with Gasteiger partial charge in [0.05, 0.1) is 17.3 Å². The third-order valence-corrected chi connectivity index (χ3v) is 1.67. The monoisotopic (exact) mass is 209 g/mol. The molecule has 0 amide bonds. The van der Waals surface area contributed by atoms with Gasteiger partial charge in [-0.25, -0.2) is 4.21 Å². The van der Waals surface area contributed by atoms with Crippen LogP contribution in [0, 0.1) is 11.3 Å². The van der Waals surface area contributed by atoms with Crippen molar-refractivity contribution in [3.63, 3.8) is 0 Å². The predicted molar refractivity (Wildman–Crippen MR) is 51.3 cm³/mol. The number of nitrogens with zero attached hydrogens (tertiary/aromatic N) is 3. The van der Waals surface area contributed by atoms with Crippen molar-refractivity contribution >= 4 is 16.8 Å². The van der Waals surface area contributed by atoms with Crippen molar-refractivity contribution in [3.05, 3.63) is 29.8 Å². The minimum absolute atomic E-state index is 0.253. The van der Waals surface area contributed by atoms with Gasteiger partial charge in [-0.1, -0.05) is 6.07 Å². The minimum Gasteiger partial charge on any atom is -0.305 e. The van der Waals surface area contributed by atoms with Crippen LogP contribution in [-0.2, 0) is 11.1 Å². The van der Waals surface area contributed by atoms with Crippen molar-refractivity contribution in [1.82, 2.24) is 0 Å². The van der Waals surface area contributed by atoms with Crippen molar-refractivity contribution in [2.45, 2.75) is 0 Å². The Morgan fingerprint density at radius 2 is 2.36 bits per heavy atom. The first-order valence-corrected chi connectivity index (χ1v) is 4.95. The van der Waals surface area contributed by atoms with Crippen LogP contribution in [0.1, 0.15) is 5.56 Å². The normalized spacial score (nSPS) is 12.6. The summed E-state index contributed by atoms with van der Waals surface area (Å²) in [5.74, 6) is -0.253. The molecule has 72 valence electrons. The molecule has 0 saturated heterocycles. The summed E-state index contributed by atoms with van der Waals surface area (Å²) in [5.41, 5.74) is 0.973. The molecule has 6 heteroatoms. The number of hydrogen-bond donors (Lipinski definition) is 1. The molecule has 0 heterocycles. The van der Waals surface area contributed by atoms with E-state index in [1.54, 1.807) is 24.3 Å². The van der Waals surface area contributed by atoms with Crippen LogP contribution in [-0.4, -0.2) is 14.6 Å². The summed E-state index contributed by atoms with van der Waals surface area (Å²) in [4.78, 5) is 0. The highest BCUT2D eigenvalue weighted by Gasteiger charge is 1.93. The van der Waals surface area contributed by atoms with Gasteiger partial charge in [0.25, 0.3) is 0 Å². The van der Waals surface area contributed by atoms with E-state index in [1.807, 2.05) is 6.07 Å². The molecule has 0 radical (unpaired) electrons. The number of azo groups is 1. The second-order valence-corrected chi connectivity index (χ2v) is 3.26. The summed E-state index contributed by atoms with van der Waals surface area (Å²) >= 11 is -1.97. The van der Waals surface area contributed by atoms with Crippen LogP contribution in [0.15, 0.2) is 34.5 Å². The molecule has 14 heavy (non-hydrogen) atoms. The third kappa shape index (κ3) is 3.43. The lowest BCUT2D eigenvalue weighted by Gasteiger charge is -1.91. The van der Waals surface area contributed by atoms with Gasteiger partial charge in [-0.05, 0) is 18.2 Å². The second kappa shape index (κ2) is 5.21. The van der Waals surface area contributed by atoms with Gasteiger partial charge >= 0.3 is 0 Å². The molecule has 5 nitrogen and oxygen atoms in total. The summed E-state index contributed by atoms with van der Waals surface area (Å²) in [6.45, 7) is 0. The Labute approximate surface area is 83.4 Å². The van der Waals surface area contributed by atoms with Crippen molar-refractivity contribution in [2.24, 2.45) is 10.2 Å². The SMILES string of the molecule is N#Cc1cccc(N=NCS(=O)O)c1. The second-order valence-electron chi connectivity index (χ2n) is 2.35. The molecule has 1 N–H and O–H groups in total. The fourth-order valence-electron chi connectivity index (χ4n) is 0.798. The zero-order valence-corrected chi connectivity index (χ0v) is 7.94. The number of nitriles is 1. The Hall–Kier alpha value is -1.58. The Kier molecular flexibility index (Phi) is 3.91. The Bertz CT molecular complexity index is 411. The lowest BCUT2D eigenvalue weighted by Crippen LogP contribution is -1.88. The minimum atomic E-state index is -1.97. The van der Waals surface area contributed by atoms with Gasteiger partial charge in [0, 0.05) is 0 Å². The van der Waals surface area contributed by atoms with E-state index in [-0.39, 0.29) is 5.88 Å². The van der Waals surface area contributed by atoms with Crippen molar-refractivity contribution in [3.8, 4) is 6.07 Å². The standard InChI is InChI=1S/C8H7N3O2S/c9-5-7-2-1-3-8(4-7)11-10-6-14(12)13/h1-4H,6H2,(H,12,13). The van der Waals surface area contributed by atoms with Gasteiger partial charge in [0.2, 0.25) is 0 Å². The van der Waals surface area contributed by atoms with Crippen LogP contribution in [0.5, 0.6) is 0 Å². The number of hydrogen-bond acceptors (Lipinski definition) is 4. The van der Waals surface area contributed by atoms with E-state index in [0.717, 1.165) is 0 Å². The first-order valence-electron chi connectivity index (χ1n) is 3.67. The lowest BCUT2D eigenvalue weighted by molar-refractivity contribution is 0.564. The van der Waals surface area contributed by atoms with E-state index in [1.165, 1.54) is 0 Å². The highest BCUT2D eigenvalue weighted by atomic mass is 32.2. The Morgan fingerprint density at radius 3 is 3.00 bits per heavy atom.